The lowest BCUT2D eigenvalue weighted by Crippen LogP contribution is -2.36. The first-order valence-electron chi connectivity index (χ1n) is 27.2. The summed E-state index contributed by atoms with van der Waals surface area (Å²) in [5.74, 6) is -0.372. The molecule has 0 aromatic heterocycles. The molecular weight excluding hydrogens is 1040 g/mol. The average molecular weight is 1120 g/mol. The van der Waals surface area contributed by atoms with Gasteiger partial charge >= 0.3 is 12.0 Å². The molecule has 0 unspecified atom stereocenters. The SMILES string of the molecule is O=C(CCCC[C@@H]1SC[C@@H]2NC(=O)N[C@@H]21)NCCOCCOCCOCCOCCC(=O)NCCCCCOc1ccc(C(=O)c2ccc(NCCOCCOCCOCCCOCC(=O)ON3C(=O)CCC3=O)cc2)cc1. The zero-order valence-corrected chi connectivity index (χ0v) is 45.6. The Morgan fingerprint density at radius 1 is 0.538 bits per heavy atom. The van der Waals surface area contributed by atoms with Crippen LogP contribution in [0.3, 0.4) is 0 Å². The van der Waals surface area contributed by atoms with Gasteiger partial charge in [-0.25, -0.2) is 9.59 Å². The van der Waals surface area contributed by atoms with E-state index in [0.717, 1.165) is 50.0 Å². The predicted octanol–water partition coefficient (Wildman–Crippen LogP) is 3.36. The quantitative estimate of drug-likeness (QED) is 0.0275. The second-order valence-electron chi connectivity index (χ2n) is 18.3. The summed E-state index contributed by atoms with van der Waals surface area (Å²) >= 11 is 1.89. The summed E-state index contributed by atoms with van der Waals surface area (Å²) in [6.07, 6.45) is 6.70. The lowest BCUT2D eigenvalue weighted by Gasteiger charge is -2.16. The van der Waals surface area contributed by atoms with E-state index in [1.807, 2.05) is 23.9 Å². The van der Waals surface area contributed by atoms with Crippen LogP contribution in [0.25, 0.3) is 0 Å². The summed E-state index contributed by atoms with van der Waals surface area (Å²) < 4.78 is 49.7. The smallest absolute Gasteiger partial charge is 0.358 e. The number of unbranched alkanes of at least 4 members (excludes halogenated alkanes) is 3. The van der Waals surface area contributed by atoms with Gasteiger partial charge in [-0.15, -0.1) is 5.06 Å². The van der Waals surface area contributed by atoms with Gasteiger partial charge in [-0.2, -0.15) is 11.8 Å². The van der Waals surface area contributed by atoms with Gasteiger partial charge in [0.25, 0.3) is 11.8 Å². The Hall–Kier alpha value is -5.44. The number of ketones is 1. The van der Waals surface area contributed by atoms with Gasteiger partial charge < -0.3 is 74.1 Å². The third-order valence-electron chi connectivity index (χ3n) is 12.2. The molecule has 3 aliphatic rings. The van der Waals surface area contributed by atoms with Gasteiger partial charge in [0, 0.05) is 86.3 Å². The highest BCUT2D eigenvalue weighted by molar-refractivity contribution is 8.00. The lowest BCUT2D eigenvalue weighted by atomic mass is 10.0. The number of ether oxygens (including phenoxy) is 9. The first kappa shape index (κ1) is 63.4. The first-order chi connectivity index (χ1) is 38.2. The van der Waals surface area contributed by atoms with Gasteiger partial charge in [0.2, 0.25) is 11.8 Å². The number of fused-ring (bicyclic) bond motifs is 1. The van der Waals surface area contributed by atoms with Crippen LogP contribution in [0.4, 0.5) is 10.5 Å². The van der Waals surface area contributed by atoms with Crippen LogP contribution in [0.2, 0.25) is 0 Å². The number of anilines is 1. The molecule has 3 fully saturated rings. The fourth-order valence-corrected chi connectivity index (χ4v) is 9.63. The molecule has 3 aliphatic heterocycles. The molecule has 0 aliphatic carbocycles. The fourth-order valence-electron chi connectivity index (χ4n) is 8.08. The second-order valence-corrected chi connectivity index (χ2v) is 19.6. The molecule has 0 spiro atoms. The van der Waals surface area contributed by atoms with Crippen LogP contribution in [-0.4, -0.2) is 202 Å². The number of benzene rings is 2. The molecule has 24 heteroatoms. The molecule has 0 saturated carbocycles. The van der Waals surface area contributed by atoms with E-state index in [9.17, 15) is 33.6 Å². The largest absolute Gasteiger partial charge is 0.494 e. The molecule has 2 aromatic rings. The highest BCUT2D eigenvalue weighted by Crippen LogP contribution is 2.33. The van der Waals surface area contributed by atoms with E-state index in [1.165, 1.54) is 0 Å². The van der Waals surface area contributed by atoms with Crippen LogP contribution in [0.5, 0.6) is 5.75 Å². The molecule has 0 bridgehead atoms. The van der Waals surface area contributed by atoms with E-state index in [0.29, 0.717) is 159 Å². The van der Waals surface area contributed by atoms with Crippen LogP contribution in [0.1, 0.15) is 86.6 Å². The zero-order chi connectivity index (χ0) is 55.3. The van der Waals surface area contributed by atoms with E-state index < -0.39 is 17.8 Å². The van der Waals surface area contributed by atoms with Crippen molar-refractivity contribution in [2.75, 3.05) is 143 Å². The molecule has 434 valence electrons. The number of hydrogen-bond donors (Lipinski definition) is 5. The summed E-state index contributed by atoms with van der Waals surface area (Å²) in [5.41, 5.74) is 2.00. The zero-order valence-electron chi connectivity index (χ0n) is 44.8. The van der Waals surface area contributed by atoms with E-state index in [1.54, 1.807) is 36.4 Å². The van der Waals surface area contributed by atoms with Crippen molar-refractivity contribution in [3.05, 3.63) is 59.7 Å². The van der Waals surface area contributed by atoms with Crippen LogP contribution >= 0.6 is 11.8 Å². The summed E-state index contributed by atoms with van der Waals surface area (Å²) in [4.78, 5) is 88.2. The third kappa shape index (κ3) is 26.5. The lowest BCUT2D eigenvalue weighted by molar-refractivity contribution is -0.200. The monoisotopic (exact) mass is 1120 g/mol. The number of amides is 6. The molecule has 3 saturated heterocycles. The normalized spacial score (nSPS) is 16.7. The topological polar surface area (TPSA) is 275 Å². The van der Waals surface area contributed by atoms with Crippen LogP contribution in [-0.2, 0) is 66.7 Å². The minimum absolute atomic E-state index is 0.0237. The number of imide groups is 1. The van der Waals surface area contributed by atoms with Crippen molar-refractivity contribution in [1.82, 2.24) is 26.3 Å². The number of carbonyl (C=O) groups is 7. The average Bonchev–Trinajstić information content (AvgIpc) is 4.11. The molecule has 2 aromatic carbocycles. The third-order valence-corrected chi connectivity index (χ3v) is 13.7. The maximum atomic E-state index is 13.1. The van der Waals surface area contributed by atoms with Crippen LogP contribution in [0, 0.1) is 0 Å². The van der Waals surface area contributed by atoms with Gasteiger partial charge in [-0.05, 0) is 87.1 Å². The summed E-state index contributed by atoms with van der Waals surface area (Å²) in [6.45, 7) is 7.78. The highest BCUT2D eigenvalue weighted by atomic mass is 32.2. The molecule has 0 radical (unpaired) electrons. The first-order valence-corrected chi connectivity index (χ1v) is 28.2. The minimum Gasteiger partial charge on any atom is -0.494 e. The Bertz CT molecular complexity index is 2070. The molecule has 6 amide bonds. The van der Waals surface area contributed by atoms with E-state index >= 15 is 0 Å². The summed E-state index contributed by atoms with van der Waals surface area (Å²) in [6, 6.07) is 14.8. The van der Waals surface area contributed by atoms with Crippen LogP contribution < -0.4 is 31.3 Å². The van der Waals surface area contributed by atoms with E-state index in [2.05, 4.69) is 26.6 Å². The maximum Gasteiger partial charge on any atom is 0.358 e. The maximum absolute atomic E-state index is 13.1. The number of thioether (sulfide) groups is 1. The van der Waals surface area contributed by atoms with Crippen molar-refractivity contribution >= 4 is 58.9 Å². The Balaban J connectivity index is 0.719. The van der Waals surface area contributed by atoms with Crippen molar-refractivity contribution in [3.63, 3.8) is 0 Å². The molecule has 78 heavy (non-hydrogen) atoms. The number of rotatable bonds is 46. The number of hydroxylamine groups is 2. The van der Waals surface area contributed by atoms with Crippen LogP contribution in [0.15, 0.2) is 48.5 Å². The van der Waals surface area contributed by atoms with E-state index in [-0.39, 0.29) is 68.2 Å². The number of urea groups is 1. The highest BCUT2D eigenvalue weighted by Gasteiger charge is 2.42. The fraction of sp³-hybridized carbons (Fsp3) is 0.648. The number of hydrogen-bond acceptors (Lipinski definition) is 19. The number of nitrogens with zero attached hydrogens (tertiary/aromatic N) is 1. The number of carbonyl (C=O) groups excluding carboxylic acids is 7. The summed E-state index contributed by atoms with van der Waals surface area (Å²) in [5, 5.41) is 15.9. The van der Waals surface area contributed by atoms with Gasteiger partial charge in [-0.1, -0.05) is 6.42 Å². The molecule has 5 rings (SSSR count). The van der Waals surface area contributed by atoms with Crippen molar-refractivity contribution in [3.8, 4) is 5.75 Å². The van der Waals surface area contributed by atoms with Crippen molar-refractivity contribution in [1.29, 1.82) is 0 Å². The predicted molar refractivity (Wildman–Crippen MR) is 287 cm³/mol. The standard InChI is InChI=1S/C54H80N6O17S/c61-47(8-3-2-7-46-52-45(40-78-46)58-54(67)59-52)57-22-28-71-32-36-74-38-37-73-34-30-69-26-19-48(62)56-20-4-1-5-25-76-44-15-11-42(12-16-44)53(66)41-9-13-43(14-10-41)55-21-27-70-31-35-72-33-29-68-23-6-24-75-39-51(65)77-60-49(63)17-18-50(60)64/h9-16,45-46,52,55H,1-8,17-40H2,(H,56,62)(H,57,61)(H2,58,59,67)/t45-,46-,52-/m0/s1. The number of nitrogens with one attached hydrogen (secondary N) is 5. The Kier molecular flexibility index (Phi) is 31.7. The van der Waals surface area contributed by atoms with Gasteiger partial charge in [0.15, 0.2) is 5.78 Å². The van der Waals surface area contributed by atoms with Gasteiger partial charge in [0.05, 0.1) is 105 Å². The Morgan fingerprint density at radius 2 is 1.10 bits per heavy atom. The van der Waals surface area contributed by atoms with Gasteiger partial charge in [0.1, 0.15) is 12.4 Å². The molecule has 3 heterocycles. The van der Waals surface area contributed by atoms with Crippen molar-refractivity contribution < 1.29 is 81.0 Å². The second kappa shape index (κ2) is 39.0. The van der Waals surface area contributed by atoms with E-state index in [4.69, 9.17) is 47.5 Å². The summed E-state index contributed by atoms with van der Waals surface area (Å²) in [7, 11) is 0. The Morgan fingerprint density at radius 3 is 1.77 bits per heavy atom. The molecule has 5 N–H and O–H groups in total. The molecule has 3 atom stereocenters. The minimum atomic E-state index is -0.809. The van der Waals surface area contributed by atoms with Crippen molar-refractivity contribution in [2.45, 2.75) is 88.0 Å². The molecule has 23 nitrogen and oxygen atoms in total. The van der Waals surface area contributed by atoms with Gasteiger partial charge in [-0.3, -0.25) is 24.0 Å². The molecular formula is C54H80N6O17S. The van der Waals surface area contributed by atoms with Crippen molar-refractivity contribution in [2.24, 2.45) is 0 Å². The Labute approximate surface area is 461 Å².